The van der Waals surface area contributed by atoms with Crippen molar-refractivity contribution < 1.29 is 18.0 Å². The summed E-state index contributed by atoms with van der Waals surface area (Å²) in [5.41, 5.74) is 2.97. The lowest BCUT2D eigenvalue weighted by atomic mass is 10.0. The van der Waals surface area contributed by atoms with E-state index in [1.165, 1.54) is 12.1 Å². The summed E-state index contributed by atoms with van der Waals surface area (Å²) in [4.78, 5) is 33.6. The normalized spacial score (nSPS) is 16.3. The Labute approximate surface area is 255 Å². The van der Waals surface area contributed by atoms with E-state index in [-0.39, 0.29) is 32.5 Å². The second-order valence-electron chi connectivity index (χ2n) is 10.2. The van der Waals surface area contributed by atoms with E-state index in [9.17, 15) is 18.0 Å². The average molecular weight is 625 g/mol. The molecule has 8 nitrogen and oxygen atoms in total. The molecule has 3 heterocycles. The number of carbonyl (C=O) groups is 2. The second kappa shape index (κ2) is 11.8. The number of aryl methyl sites for hydroxylation is 1. The van der Waals surface area contributed by atoms with E-state index in [1.807, 2.05) is 11.8 Å². The quantitative estimate of drug-likeness (QED) is 0.233. The van der Waals surface area contributed by atoms with Crippen molar-refractivity contribution >= 4 is 62.2 Å². The van der Waals surface area contributed by atoms with Crippen LogP contribution in [-0.2, 0) is 20.4 Å². The molecule has 0 saturated carbocycles. The van der Waals surface area contributed by atoms with Gasteiger partial charge in [-0.05, 0) is 75.3 Å². The van der Waals surface area contributed by atoms with Gasteiger partial charge in [0.1, 0.15) is 0 Å². The summed E-state index contributed by atoms with van der Waals surface area (Å²) in [6, 6.07) is 10.9. The standard InChI is InChI=1S/C31H29Cl2N4O4S/c1-4-36-13-11-20(12-14-36)37(5-2)31(39)24-15-19(3)34-29(24)17-23-22-16-21(9-10-28(22)35-30(23)38)42(40,41)18-25-26(32)7-6-8-27(25)33/h5-10,15-17,20,34H,1-2,11-14,18H2,3H3,(H,35,38)/q-1/b23-17-. The van der Waals surface area contributed by atoms with Crippen molar-refractivity contribution in [3.63, 3.8) is 0 Å². The molecule has 0 spiro atoms. The van der Waals surface area contributed by atoms with Crippen LogP contribution in [0.25, 0.3) is 11.6 Å². The van der Waals surface area contributed by atoms with Crippen molar-refractivity contribution in [1.82, 2.24) is 14.8 Å². The number of amides is 2. The number of halogens is 2. The molecule has 2 N–H and O–H groups in total. The van der Waals surface area contributed by atoms with Gasteiger partial charge in [-0.25, -0.2) is 8.42 Å². The maximum absolute atomic E-state index is 13.7. The molecule has 1 saturated heterocycles. The molecule has 11 heteroatoms. The number of rotatable bonds is 8. The van der Waals surface area contributed by atoms with Crippen molar-refractivity contribution in [3.8, 4) is 0 Å². The lowest BCUT2D eigenvalue weighted by molar-refractivity contribution is -0.110. The number of likely N-dealkylation sites (tertiary alicyclic amines) is 1. The number of nitrogens with zero attached hydrogens (tertiary/aromatic N) is 2. The number of hydrogen-bond donors (Lipinski definition) is 2. The van der Waals surface area contributed by atoms with Crippen molar-refractivity contribution in [3.05, 3.63) is 106 Å². The molecule has 0 radical (unpaired) electrons. The number of benzene rings is 2. The van der Waals surface area contributed by atoms with Gasteiger partial charge < -0.3 is 26.3 Å². The molecule has 42 heavy (non-hydrogen) atoms. The first-order valence-corrected chi connectivity index (χ1v) is 15.7. The van der Waals surface area contributed by atoms with E-state index in [0.29, 0.717) is 28.1 Å². The van der Waals surface area contributed by atoms with Crippen LogP contribution in [0.5, 0.6) is 0 Å². The molecule has 2 aromatic carbocycles. The SMILES string of the molecule is C=[C-]N1CCC(N(C=C)C(=O)c2cc(C)[nH]c2/C=C2\C(=O)Nc3ccc(S(=O)(=O)Cc4c(Cl)cccc4Cl)cc32)CC1. The van der Waals surface area contributed by atoms with Crippen LogP contribution in [0.15, 0.2) is 66.7 Å². The second-order valence-corrected chi connectivity index (χ2v) is 13.0. The minimum absolute atomic E-state index is 0.0135. The highest BCUT2D eigenvalue weighted by Crippen LogP contribution is 2.37. The van der Waals surface area contributed by atoms with Gasteiger partial charge in [0.25, 0.3) is 11.8 Å². The van der Waals surface area contributed by atoms with E-state index in [0.717, 1.165) is 31.6 Å². The van der Waals surface area contributed by atoms with Gasteiger partial charge in [-0.2, -0.15) is 0 Å². The summed E-state index contributed by atoms with van der Waals surface area (Å²) in [7, 11) is -3.87. The fourth-order valence-electron chi connectivity index (χ4n) is 5.33. The maximum Gasteiger partial charge on any atom is 0.260 e. The van der Waals surface area contributed by atoms with Gasteiger partial charge in [0.15, 0.2) is 9.84 Å². The van der Waals surface area contributed by atoms with Gasteiger partial charge >= 0.3 is 0 Å². The summed E-state index contributed by atoms with van der Waals surface area (Å²) >= 11 is 12.5. The smallest absolute Gasteiger partial charge is 0.260 e. The zero-order chi connectivity index (χ0) is 30.2. The molecule has 0 atom stereocenters. The molecule has 5 rings (SSSR count). The Hall–Kier alpha value is -3.79. The van der Waals surface area contributed by atoms with Gasteiger partial charge in [-0.1, -0.05) is 35.8 Å². The molecule has 0 bridgehead atoms. The van der Waals surface area contributed by atoms with Gasteiger partial charge in [-0.3, -0.25) is 16.2 Å². The van der Waals surface area contributed by atoms with Crippen molar-refractivity contribution in [1.29, 1.82) is 0 Å². The number of carbonyl (C=O) groups excluding carboxylic acids is 2. The first-order valence-electron chi connectivity index (χ1n) is 13.3. The van der Waals surface area contributed by atoms with Gasteiger partial charge in [0.05, 0.1) is 27.5 Å². The third kappa shape index (κ3) is 5.77. The molecule has 2 aliphatic heterocycles. The number of piperidine rings is 1. The highest BCUT2D eigenvalue weighted by Gasteiger charge is 2.30. The van der Waals surface area contributed by atoms with Gasteiger partial charge in [0, 0.05) is 44.8 Å². The highest BCUT2D eigenvalue weighted by atomic mass is 35.5. The molecule has 218 valence electrons. The van der Waals surface area contributed by atoms with E-state index in [2.05, 4.69) is 29.7 Å². The largest absolute Gasteiger partial charge is 0.555 e. The van der Waals surface area contributed by atoms with Gasteiger partial charge in [0.2, 0.25) is 0 Å². The van der Waals surface area contributed by atoms with Gasteiger partial charge in [-0.15, -0.1) is 0 Å². The van der Waals surface area contributed by atoms with E-state index >= 15 is 0 Å². The van der Waals surface area contributed by atoms with Crippen LogP contribution in [0.3, 0.4) is 0 Å². The maximum atomic E-state index is 13.7. The minimum atomic E-state index is -3.87. The van der Waals surface area contributed by atoms with Crippen molar-refractivity contribution in [2.75, 3.05) is 18.4 Å². The molecule has 2 amide bonds. The summed E-state index contributed by atoms with van der Waals surface area (Å²) < 4.78 is 26.8. The molecule has 1 aromatic heterocycles. The molecular formula is C31H29Cl2N4O4S-. The molecule has 0 unspecified atom stereocenters. The highest BCUT2D eigenvalue weighted by molar-refractivity contribution is 7.90. The Morgan fingerprint density at radius 2 is 1.86 bits per heavy atom. The van der Waals surface area contributed by atoms with Crippen molar-refractivity contribution in [2.24, 2.45) is 0 Å². The molecule has 3 aromatic rings. The zero-order valence-corrected chi connectivity index (χ0v) is 25.2. The Balaban J connectivity index is 1.48. The number of nitrogens with one attached hydrogen (secondary N) is 2. The predicted octanol–water partition coefficient (Wildman–Crippen LogP) is 6.09. The van der Waals surface area contributed by atoms with Crippen molar-refractivity contribution in [2.45, 2.75) is 36.5 Å². The third-order valence-corrected chi connectivity index (χ3v) is 9.89. The Kier molecular flexibility index (Phi) is 8.37. The van der Waals surface area contributed by atoms with E-state index < -0.39 is 21.5 Å². The Morgan fingerprint density at radius 3 is 2.50 bits per heavy atom. The topological polar surface area (TPSA) is 103 Å². The van der Waals surface area contributed by atoms with E-state index in [4.69, 9.17) is 23.2 Å². The number of anilines is 1. The number of hydrogen-bond acceptors (Lipinski definition) is 5. The number of H-pyrrole nitrogens is 1. The van der Waals surface area contributed by atoms with Crippen LogP contribution in [-0.4, -0.2) is 54.1 Å². The summed E-state index contributed by atoms with van der Waals surface area (Å²) in [6.07, 6.45) is 7.50. The monoisotopic (exact) mass is 623 g/mol. The van der Waals surface area contributed by atoms with Crippen LogP contribution >= 0.6 is 23.2 Å². The number of aromatic amines is 1. The third-order valence-electron chi connectivity index (χ3n) is 7.54. The molecule has 2 aliphatic rings. The van der Waals surface area contributed by atoms with Crippen LogP contribution in [0.4, 0.5) is 5.69 Å². The first kappa shape index (κ1) is 29.7. The van der Waals surface area contributed by atoms with Crippen LogP contribution in [0, 0.1) is 13.1 Å². The molecule has 0 aliphatic carbocycles. The Morgan fingerprint density at radius 1 is 1.17 bits per heavy atom. The summed E-state index contributed by atoms with van der Waals surface area (Å²) in [5, 5.41) is 3.28. The number of fused-ring (bicyclic) bond motifs is 1. The molecular weight excluding hydrogens is 595 g/mol. The average Bonchev–Trinajstić information content (AvgIpc) is 3.49. The predicted molar refractivity (Wildman–Crippen MR) is 166 cm³/mol. The summed E-state index contributed by atoms with van der Waals surface area (Å²) in [5.74, 6) is -1.05. The minimum Gasteiger partial charge on any atom is -0.555 e. The first-order chi connectivity index (χ1) is 20.0. The lowest BCUT2D eigenvalue weighted by Gasteiger charge is -2.42. The lowest BCUT2D eigenvalue weighted by Crippen LogP contribution is -2.43. The fraction of sp³-hybridized carbons (Fsp3) is 0.226. The number of sulfone groups is 1. The van der Waals surface area contributed by atoms with Crippen LogP contribution in [0.2, 0.25) is 10.0 Å². The van der Waals surface area contributed by atoms with Crippen LogP contribution in [0.1, 0.15) is 45.7 Å². The zero-order valence-electron chi connectivity index (χ0n) is 22.9. The van der Waals surface area contributed by atoms with E-state index in [1.54, 1.807) is 47.5 Å². The fourth-order valence-corrected chi connectivity index (χ4v) is 7.45. The number of aromatic nitrogens is 1. The van der Waals surface area contributed by atoms with Crippen LogP contribution < -0.4 is 5.32 Å². The summed E-state index contributed by atoms with van der Waals surface area (Å²) in [6.45, 7) is 10.9. The Bertz CT molecular complexity index is 1720. The molecule has 1 fully saturated rings.